The van der Waals surface area contributed by atoms with E-state index < -0.39 is 10.0 Å². The van der Waals surface area contributed by atoms with Gasteiger partial charge in [-0.15, -0.1) is 0 Å². The van der Waals surface area contributed by atoms with E-state index >= 15 is 0 Å². The van der Waals surface area contributed by atoms with Crippen LogP contribution in [0.5, 0.6) is 0 Å². The molecule has 0 spiro atoms. The van der Waals surface area contributed by atoms with E-state index in [2.05, 4.69) is 12.2 Å². The molecule has 0 aromatic heterocycles. The molecule has 22 heavy (non-hydrogen) atoms. The molecule has 1 unspecified atom stereocenters. The van der Waals surface area contributed by atoms with Crippen LogP contribution in [0.25, 0.3) is 0 Å². The lowest BCUT2D eigenvalue weighted by molar-refractivity contribution is -0.128. The summed E-state index contributed by atoms with van der Waals surface area (Å²) in [6.07, 6.45) is 8.45. The van der Waals surface area contributed by atoms with Crippen LogP contribution < -0.4 is 5.32 Å². The van der Waals surface area contributed by atoms with Gasteiger partial charge in [0.1, 0.15) is 0 Å². The smallest absolute Gasteiger partial charge is 0.224 e. The van der Waals surface area contributed by atoms with E-state index in [1.165, 1.54) is 17.1 Å². The van der Waals surface area contributed by atoms with Crippen LogP contribution in [0.1, 0.15) is 65.2 Å². The van der Waals surface area contributed by atoms with Gasteiger partial charge in [-0.1, -0.05) is 25.7 Å². The molecule has 2 aliphatic rings. The number of carbonyl (C=O) groups is 1. The molecule has 0 aromatic carbocycles. The predicted octanol–water partition coefficient (Wildman–Crippen LogP) is 2.28. The van der Waals surface area contributed by atoms with Gasteiger partial charge in [0.15, 0.2) is 0 Å². The van der Waals surface area contributed by atoms with E-state index in [1.54, 1.807) is 6.92 Å². The Hall–Kier alpha value is -0.620. The Kier molecular flexibility index (Phi) is 5.88. The highest BCUT2D eigenvalue weighted by Gasteiger charge is 2.34. The average molecular weight is 330 g/mol. The van der Waals surface area contributed by atoms with Crippen molar-refractivity contribution >= 4 is 15.9 Å². The Morgan fingerprint density at radius 1 is 1.18 bits per heavy atom. The van der Waals surface area contributed by atoms with Crippen molar-refractivity contribution in [1.82, 2.24) is 9.62 Å². The standard InChI is InChI=1S/C16H30N2O3S/c1-3-22(20,21)18-12-8-9-14(13-18)15(19)17-16(2)10-6-4-5-7-11-16/h14H,3-13H2,1-2H3,(H,17,19). The number of sulfonamides is 1. The second-order valence-electron chi connectivity index (χ2n) is 7.06. The number of nitrogens with one attached hydrogen (secondary N) is 1. The van der Waals surface area contributed by atoms with Crippen molar-refractivity contribution in [3.63, 3.8) is 0 Å². The fourth-order valence-corrected chi connectivity index (χ4v) is 4.80. The van der Waals surface area contributed by atoms with Crippen LogP contribution in [0.4, 0.5) is 0 Å². The first-order chi connectivity index (χ1) is 10.4. The third kappa shape index (κ3) is 4.44. The van der Waals surface area contributed by atoms with Gasteiger partial charge >= 0.3 is 0 Å². The number of nitrogens with zero attached hydrogens (tertiary/aromatic N) is 1. The van der Waals surface area contributed by atoms with E-state index in [-0.39, 0.29) is 23.1 Å². The Labute approximate surface area is 134 Å². The molecule has 1 heterocycles. The van der Waals surface area contributed by atoms with Gasteiger partial charge in [0, 0.05) is 18.6 Å². The van der Waals surface area contributed by atoms with Crippen LogP contribution in [-0.2, 0) is 14.8 Å². The normalized spacial score (nSPS) is 27.1. The first-order valence-corrected chi connectivity index (χ1v) is 10.3. The largest absolute Gasteiger partial charge is 0.351 e. The molecule has 1 saturated carbocycles. The number of hydrogen-bond donors (Lipinski definition) is 1. The van der Waals surface area contributed by atoms with Crippen molar-refractivity contribution in [3.05, 3.63) is 0 Å². The molecule has 2 rings (SSSR count). The molecule has 1 amide bonds. The van der Waals surface area contributed by atoms with Crippen molar-refractivity contribution < 1.29 is 13.2 Å². The molecular formula is C16H30N2O3S. The lowest BCUT2D eigenvalue weighted by Gasteiger charge is -2.35. The quantitative estimate of drug-likeness (QED) is 0.804. The molecule has 0 radical (unpaired) electrons. The Balaban J connectivity index is 1.97. The molecule has 1 saturated heterocycles. The second kappa shape index (κ2) is 7.30. The number of amides is 1. The average Bonchev–Trinajstić information content (AvgIpc) is 2.72. The summed E-state index contributed by atoms with van der Waals surface area (Å²) in [6.45, 7) is 4.69. The monoisotopic (exact) mass is 330 g/mol. The first-order valence-electron chi connectivity index (χ1n) is 8.66. The zero-order valence-electron chi connectivity index (χ0n) is 13.9. The van der Waals surface area contributed by atoms with Crippen molar-refractivity contribution in [1.29, 1.82) is 0 Å². The van der Waals surface area contributed by atoms with Crippen molar-refractivity contribution in [2.75, 3.05) is 18.8 Å². The van der Waals surface area contributed by atoms with Crippen LogP contribution in [0, 0.1) is 5.92 Å². The fourth-order valence-electron chi connectivity index (χ4n) is 3.63. The summed E-state index contributed by atoms with van der Waals surface area (Å²) in [5.74, 6) is -0.0467. The van der Waals surface area contributed by atoms with Crippen molar-refractivity contribution in [3.8, 4) is 0 Å². The van der Waals surface area contributed by atoms with Gasteiger partial charge in [-0.25, -0.2) is 12.7 Å². The third-order valence-electron chi connectivity index (χ3n) is 5.15. The van der Waals surface area contributed by atoms with Gasteiger partial charge in [-0.2, -0.15) is 0 Å². The molecule has 1 aliphatic carbocycles. The molecule has 5 nitrogen and oxygen atoms in total. The van der Waals surface area contributed by atoms with Crippen LogP contribution in [0.2, 0.25) is 0 Å². The maximum absolute atomic E-state index is 12.6. The topological polar surface area (TPSA) is 66.5 Å². The zero-order chi connectivity index (χ0) is 16.2. The lowest BCUT2D eigenvalue weighted by atomic mass is 9.90. The molecular weight excluding hydrogens is 300 g/mol. The molecule has 2 fully saturated rings. The number of rotatable bonds is 4. The van der Waals surface area contributed by atoms with Gasteiger partial charge in [0.25, 0.3) is 0 Å². The summed E-state index contributed by atoms with van der Waals surface area (Å²) >= 11 is 0. The van der Waals surface area contributed by atoms with E-state index in [4.69, 9.17) is 0 Å². The lowest BCUT2D eigenvalue weighted by Crippen LogP contribution is -2.52. The van der Waals surface area contributed by atoms with Crippen LogP contribution in [0.3, 0.4) is 0 Å². The number of hydrogen-bond acceptors (Lipinski definition) is 3. The van der Waals surface area contributed by atoms with Crippen molar-refractivity contribution in [2.45, 2.75) is 70.8 Å². The highest BCUT2D eigenvalue weighted by molar-refractivity contribution is 7.89. The van der Waals surface area contributed by atoms with E-state index in [0.717, 1.165) is 38.5 Å². The van der Waals surface area contributed by atoms with E-state index in [0.29, 0.717) is 13.1 Å². The zero-order valence-corrected chi connectivity index (χ0v) is 14.8. The summed E-state index contributed by atoms with van der Waals surface area (Å²) in [5, 5.41) is 3.23. The molecule has 1 atom stereocenters. The highest BCUT2D eigenvalue weighted by Crippen LogP contribution is 2.28. The Bertz CT molecular complexity index is 482. The van der Waals surface area contributed by atoms with Gasteiger partial charge in [-0.05, 0) is 39.5 Å². The summed E-state index contributed by atoms with van der Waals surface area (Å²) in [4.78, 5) is 12.6. The third-order valence-corrected chi connectivity index (χ3v) is 6.99. The van der Waals surface area contributed by atoms with Gasteiger partial charge in [0.2, 0.25) is 15.9 Å². The SMILES string of the molecule is CCS(=O)(=O)N1CCCC(C(=O)NC2(C)CCCCCC2)C1. The molecule has 1 aliphatic heterocycles. The molecule has 0 bridgehead atoms. The summed E-state index contributed by atoms with van der Waals surface area (Å²) in [6, 6.07) is 0. The summed E-state index contributed by atoms with van der Waals surface area (Å²) < 4.78 is 25.5. The predicted molar refractivity (Wildman–Crippen MR) is 88.0 cm³/mol. The summed E-state index contributed by atoms with van der Waals surface area (Å²) in [5.41, 5.74) is -0.112. The van der Waals surface area contributed by atoms with Gasteiger partial charge < -0.3 is 5.32 Å². The molecule has 6 heteroatoms. The first kappa shape index (κ1) is 17.7. The number of piperidine rings is 1. The maximum Gasteiger partial charge on any atom is 0.224 e. The summed E-state index contributed by atoms with van der Waals surface area (Å²) in [7, 11) is -3.19. The van der Waals surface area contributed by atoms with Gasteiger partial charge in [-0.3, -0.25) is 4.79 Å². The molecule has 1 N–H and O–H groups in total. The minimum atomic E-state index is -3.19. The fraction of sp³-hybridized carbons (Fsp3) is 0.938. The second-order valence-corrected chi connectivity index (χ2v) is 9.32. The van der Waals surface area contributed by atoms with E-state index in [1.807, 2.05) is 0 Å². The van der Waals surface area contributed by atoms with Crippen LogP contribution in [-0.4, -0.2) is 43.0 Å². The number of carbonyl (C=O) groups excluding carboxylic acids is 1. The van der Waals surface area contributed by atoms with Gasteiger partial charge in [0.05, 0.1) is 11.7 Å². The Morgan fingerprint density at radius 3 is 2.41 bits per heavy atom. The Morgan fingerprint density at radius 2 is 1.82 bits per heavy atom. The minimum Gasteiger partial charge on any atom is -0.351 e. The van der Waals surface area contributed by atoms with Crippen LogP contribution >= 0.6 is 0 Å². The molecule has 128 valence electrons. The minimum absolute atomic E-state index is 0.0420. The van der Waals surface area contributed by atoms with E-state index in [9.17, 15) is 13.2 Å². The highest BCUT2D eigenvalue weighted by atomic mass is 32.2. The van der Waals surface area contributed by atoms with Crippen molar-refractivity contribution in [2.24, 2.45) is 5.92 Å². The maximum atomic E-state index is 12.6. The van der Waals surface area contributed by atoms with Crippen LogP contribution in [0.15, 0.2) is 0 Å². The molecule has 0 aromatic rings.